The van der Waals surface area contributed by atoms with E-state index in [4.69, 9.17) is 0 Å². The van der Waals surface area contributed by atoms with E-state index in [1.165, 1.54) is 18.3 Å². The summed E-state index contributed by atoms with van der Waals surface area (Å²) in [5.74, 6) is -0.154. The van der Waals surface area contributed by atoms with E-state index in [2.05, 4.69) is 0 Å². The third-order valence-electron chi connectivity index (χ3n) is 3.55. The summed E-state index contributed by atoms with van der Waals surface area (Å²) in [6, 6.07) is 8.27. The van der Waals surface area contributed by atoms with Gasteiger partial charge in [-0.25, -0.2) is 8.42 Å². The van der Waals surface area contributed by atoms with Crippen LogP contribution in [0.4, 0.5) is 0 Å². The fourth-order valence-corrected chi connectivity index (χ4v) is 3.74. The van der Waals surface area contributed by atoms with Crippen LogP contribution in [0.5, 0.6) is 0 Å². The molecule has 0 aliphatic rings. The second-order valence-electron chi connectivity index (χ2n) is 4.93. The van der Waals surface area contributed by atoms with Gasteiger partial charge in [-0.05, 0) is 49.1 Å². The molecule has 0 aliphatic carbocycles. The molecule has 1 aromatic heterocycles. The van der Waals surface area contributed by atoms with Gasteiger partial charge in [-0.3, -0.25) is 0 Å². The van der Waals surface area contributed by atoms with Crippen LogP contribution in [0.1, 0.15) is 22.3 Å². The molecule has 4 nitrogen and oxygen atoms in total. The molecule has 0 aliphatic heterocycles. The smallest absolute Gasteiger partial charge is 0.308 e. The van der Waals surface area contributed by atoms with Crippen molar-refractivity contribution in [2.45, 2.75) is 31.6 Å². The van der Waals surface area contributed by atoms with Crippen LogP contribution in [0.15, 0.2) is 41.6 Å². The monoisotopic (exact) mass is 291 g/mol. The van der Waals surface area contributed by atoms with Crippen molar-refractivity contribution in [1.82, 2.24) is 0 Å². The minimum absolute atomic E-state index is 0.154. The zero-order valence-corrected chi connectivity index (χ0v) is 12.6. The molecule has 106 valence electrons. The highest BCUT2D eigenvalue weighted by Crippen LogP contribution is 2.22. The maximum atomic E-state index is 12.4. The zero-order chi connectivity index (χ0) is 14.9. The van der Waals surface area contributed by atoms with E-state index in [9.17, 15) is 13.6 Å². The van der Waals surface area contributed by atoms with Gasteiger partial charge in [0.25, 0.3) is 0 Å². The Morgan fingerprint density at radius 3 is 2.35 bits per heavy atom. The van der Waals surface area contributed by atoms with Crippen LogP contribution in [-0.4, -0.2) is 8.42 Å². The maximum absolute atomic E-state index is 12.4. The Kier molecular flexibility index (Phi) is 3.81. The average Bonchev–Trinajstić information content (AvgIpc) is 2.39. The number of benzene rings is 1. The van der Waals surface area contributed by atoms with Gasteiger partial charge in [-0.15, -0.1) is 0 Å². The Balaban J connectivity index is 2.50. The van der Waals surface area contributed by atoms with Crippen molar-refractivity contribution < 1.29 is 13.1 Å². The number of pyridine rings is 1. The van der Waals surface area contributed by atoms with E-state index in [-0.39, 0.29) is 10.8 Å². The van der Waals surface area contributed by atoms with Crippen molar-refractivity contribution in [3.8, 4) is 0 Å². The summed E-state index contributed by atoms with van der Waals surface area (Å²) in [5.41, 5.74) is 3.70. The molecular weight excluding hydrogens is 274 g/mol. The Hall–Kier alpha value is -1.88. The molecular formula is C15H17NO3S. The first-order valence-corrected chi connectivity index (χ1v) is 7.95. The highest BCUT2D eigenvalue weighted by atomic mass is 32.2. The molecule has 0 radical (unpaired) electrons. The third kappa shape index (κ3) is 2.67. The van der Waals surface area contributed by atoms with Crippen molar-refractivity contribution in [3.63, 3.8) is 0 Å². The lowest BCUT2D eigenvalue weighted by molar-refractivity contribution is -0.646. The van der Waals surface area contributed by atoms with Crippen LogP contribution in [0, 0.1) is 26.0 Å². The summed E-state index contributed by atoms with van der Waals surface area (Å²) >= 11 is 0. The van der Waals surface area contributed by atoms with Gasteiger partial charge in [-0.2, -0.15) is 4.73 Å². The number of sulfone groups is 1. The first-order valence-electron chi connectivity index (χ1n) is 6.29. The lowest BCUT2D eigenvalue weighted by Crippen LogP contribution is -2.33. The van der Waals surface area contributed by atoms with Gasteiger partial charge in [0, 0.05) is 12.1 Å². The predicted molar refractivity (Wildman–Crippen MR) is 76.9 cm³/mol. The van der Waals surface area contributed by atoms with Crippen molar-refractivity contribution in [2.75, 3.05) is 0 Å². The molecule has 0 saturated carbocycles. The third-order valence-corrected chi connectivity index (χ3v) is 5.17. The van der Waals surface area contributed by atoms with Crippen LogP contribution in [0.25, 0.3) is 0 Å². The normalized spacial score (nSPS) is 11.6. The fraction of sp³-hybridized carbons (Fsp3) is 0.267. The average molecular weight is 291 g/mol. The summed E-state index contributed by atoms with van der Waals surface area (Å²) in [7, 11) is -3.66. The van der Waals surface area contributed by atoms with Crippen molar-refractivity contribution in [3.05, 3.63) is 64.0 Å². The minimum Gasteiger partial charge on any atom is -0.618 e. The number of nitrogens with zero attached hydrogens (tertiary/aromatic N) is 1. The molecule has 0 saturated heterocycles. The molecule has 0 N–H and O–H groups in total. The Morgan fingerprint density at radius 2 is 1.70 bits per heavy atom. The SMILES string of the molecule is Cc1ccc(C)c(CS(=O)(=O)c2cccc[n+]2[O-])c1C. The van der Waals surface area contributed by atoms with Gasteiger partial charge in [-0.1, -0.05) is 12.1 Å². The van der Waals surface area contributed by atoms with Gasteiger partial charge < -0.3 is 5.21 Å². The van der Waals surface area contributed by atoms with Crippen LogP contribution < -0.4 is 4.73 Å². The van der Waals surface area contributed by atoms with E-state index < -0.39 is 9.84 Å². The number of hydrogen-bond donors (Lipinski definition) is 0. The second-order valence-corrected chi connectivity index (χ2v) is 6.86. The van der Waals surface area contributed by atoms with Crippen molar-refractivity contribution >= 4 is 9.84 Å². The molecule has 0 bridgehead atoms. The predicted octanol–water partition coefficient (Wildman–Crippen LogP) is 2.22. The summed E-state index contributed by atoms with van der Waals surface area (Å²) in [5, 5.41) is 11.4. The zero-order valence-electron chi connectivity index (χ0n) is 11.8. The number of aromatic nitrogens is 1. The van der Waals surface area contributed by atoms with E-state index >= 15 is 0 Å². The first-order chi connectivity index (χ1) is 9.33. The highest BCUT2D eigenvalue weighted by Gasteiger charge is 2.25. The van der Waals surface area contributed by atoms with Crippen LogP contribution >= 0.6 is 0 Å². The first kappa shape index (κ1) is 14.5. The van der Waals surface area contributed by atoms with E-state index in [1.807, 2.05) is 32.9 Å². The quantitative estimate of drug-likeness (QED) is 0.643. The van der Waals surface area contributed by atoms with E-state index in [0.29, 0.717) is 4.73 Å². The van der Waals surface area contributed by atoms with Crippen molar-refractivity contribution in [2.24, 2.45) is 0 Å². The van der Waals surface area contributed by atoms with Gasteiger partial charge in [0.05, 0.1) is 5.75 Å². The van der Waals surface area contributed by atoms with Gasteiger partial charge in [0.1, 0.15) is 0 Å². The van der Waals surface area contributed by atoms with Crippen LogP contribution in [0.2, 0.25) is 0 Å². The van der Waals surface area contributed by atoms with Crippen LogP contribution in [0.3, 0.4) is 0 Å². The van der Waals surface area contributed by atoms with Crippen molar-refractivity contribution in [1.29, 1.82) is 0 Å². The standard InChI is InChI=1S/C15H17NO3S/c1-11-7-8-12(2)14(13(11)3)10-20(18,19)15-6-4-5-9-16(15)17/h4-9H,10H2,1-3H3. The van der Waals surface area contributed by atoms with Gasteiger partial charge in [0.2, 0.25) is 9.84 Å². The Morgan fingerprint density at radius 1 is 1.05 bits per heavy atom. The lowest BCUT2D eigenvalue weighted by Gasteiger charge is -2.12. The molecule has 5 heteroatoms. The molecule has 0 spiro atoms. The summed E-state index contributed by atoms with van der Waals surface area (Å²) in [4.78, 5) is 0. The topological polar surface area (TPSA) is 61.1 Å². The van der Waals surface area contributed by atoms with Crippen LogP contribution in [-0.2, 0) is 15.6 Å². The summed E-state index contributed by atoms with van der Waals surface area (Å²) in [6.07, 6.45) is 1.20. The molecule has 2 rings (SSSR count). The maximum Gasteiger partial charge on any atom is 0.308 e. The molecule has 0 atom stereocenters. The molecule has 0 amide bonds. The fourth-order valence-electron chi connectivity index (χ4n) is 2.15. The Labute approximate surface area is 119 Å². The molecule has 1 heterocycles. The summed E-state index contributed by atoms with van der Waals surface area (Å²) < 4.78 is 25.2. The van der Waals surface area contributed by atoms with E-state index in [1.54, 1.807) is 6.07 Å². The summed E-state index contributed by atoms with van der Waals surface area (Å²) in [6.45, 7) is 5.73. The number of aryl methyl sites for hydroxylation is 2. The molecule has 20 heavy (non-hydrogen) atoms. The lowest BCUT2D eigenvalue weighted by atomic mass is 10.00. The van der Waals surface area contributed by atoms with Gasteiger partial charge in [0.15, 0.2) is 6.20 Å². The molecule has 1 aromatic carbocycles. The molecule has 0 fully saturated rings. The Bertz CT molecular complexity index is 752. The number of hydrogen-bond acceptors (Lipinski definition) is 3. The second kappa shape index (κ2) is 5.25. The van der Waals surface area contributed by atoms with E-state index in [0.717, 1.165) is 22.3 Å². The number of rotatable bonds is 3. The molecule has 0 unspecified atom stereocenters. The van der Waals surface area contributed by atoms with Gasteiger partial charge >= 0.3 is 5.03 Å². The minimum atomic E-state index is -3.66. The molecule has 2 aromatic rings. The largest absolute Gasteiger partial charge is 0.618 e. The highest BCUT2D eigenvalue weighted by molar-refractivity contribution is 7.90.